The van der Waals surface area contributed by atoms with E-state index in [1.165, 1.54) is 5.56 Å². The minimum atomic E-state index is 0.238. The van der Waals surface area contributed by atoms with E-state index in [9.17, 15) is 0 Å². The molecule has 0 saturated carbocycles. The Balaban J connectivity index is 2.43. The van der Waals surface area contributed by atoms with Crippen molar-refractivity contribution >= 4 is 12.6 Å². The molecule has 3 heteroatoms. The van der Waals surface area contributed by atoms with Crippen LogP contribution in [0.1, 0.15) is 18.9 Å². The summed E-state index contributed by atoms with van der Waals surface area (Å²) in [6.07, 6.45) is 1.25. The topological polar surface area (TPSA) is 21.3 Å². The molecule has 0 aromatic heterocycles. The lowest BCUT2D eigenvalue weighted by Crippen LogP contribution is -2.32. The molecule has 1 N–H and O–H groups in total. The lowest BCUT2D eigenvalue weighted by molar-refractivity contribution is 0.194. The number of benzene rings is 1. The van der Waals surface area contributed by atoms with Crippen molar-refractivity contribution in [3.63, 3.8) is 0 Å². The van der Waals surface area contributed by atoms with E-state index >= 15 is 0 Å². The summed E-state index contributed by atoms with van der Waals surface area (Å²) in [4.78, 5) is 0. The lowest BCUT2D eigenvalue weighted by Gasteiger charge is -2.18. The number of rotatable bonds is 7. The zero-order valence-electron chi connectivity index (χ0n) is 10.1. The molecule has 0 radical (unpaired) electrons. The molecule has 1 rings (SSSR count). The maximum absolute atomic E-state index is 5.90. The normalized spacial score (nSPS) is 12.4. The summed E-state index contributed by atoms with van der Waals surface area (Å²) in [5, 5.41) is 3.32. The zero-order valence-corrected chi connectivity index (χ0v) is 11.0. The van der Waals surface area contributed by atoms with Crippen molar-refractivity contribution < 1.29 is 4.74 Å². The number of thiol groups is 1. The molecule has 2 nitrogen and oxygen atoms in total. The van der Waals surface area contributed by atoms with E-state index < -0.39 is 0 Å². The van der Waals surface area contributed by atoms with Gasteiger partial charge >= 0.3 is 0 Å². The lowest BCUT2D eigenvalue weighted by atomic mass is 10.2. The van der Waals surface area contributed by atoms with Crippen LogP contribution in [0.2, 0.25) is 0 Å². The van der Waals surface area contributed by atoms with Gasteiger partial charge in [-0.3, -0.25) is 0 Å². The number of hydrogen-bond acceptors (Lipinski definition) is 3. The molecule has 0 aliphatic heterocycles. The Hall–Kier alpha value is -0.670. The number of aryl methyl sites for hydroxylation is 1. The Morgan fingerprint density at radius 1 is 1.44 bits per heavy atom. The smallest absolute Gasteiger partial charge is 0.120 e. The maximum atomic E-state index is 5.90. The molecule has 0 unspecified atom stereocenters. The molecule has 0 heterocycles. The minimum Gasteiger partial charge on any atom is -0.489 e. The van der Waals surface area contributed by atoms with Crippen LogP contribution in [-0.2, 0) is 0 Å². The Morgan fingerprint density at radius 3 is 2.88 bits per heavy atom. The second-order valence-corrected chi connectivity index (χ2v) is 4.34. The van der Waals surface area contributed by atoms with E-state index in [0.717, 1.165) is 31.0 Å². The predicted molar refractivity (Wildman–Crippen MR) is 72.6 cm³/mol. The van der Waals surface area contributed by atoms with Crippen molar-refractivity contribution in [3.8, 4) is 5.75 Å². The van der Waals surface area contributed by atoms with E-state index in [4.69, 9.17) is 4.74 Å². The molecule has 0 aliphatic carbocycles. The Labute approximate surface area is 104 Å². The highest BCUT2D eigenvalue weighted by atomic mass is 32.1. The van der Waals surface area contributed by atoms with Gasteiger partial charge in [-0.15, -0.1) is 0 Å². The fourth-order valence-electron chi connectivity index (χ4n) is 1.49. The molecular weight excluding hydrogens is 218 g/mol. The Bertz CT molecular complexity index is 304. The van der Waals surface area contributed by atoms with Crippen molar-refractivity contribution in [1.82, 2.24) is 5.32 Å². The summed E-state index contributed by atoms with van der Waals surface area (Å²) in [7, 11) is 0. The monoisotopic (exact) mass is 239 g/mol. The largest absolute Gasteiger partial charge is 0.489 e. The third-order valence-corrected chi connectivity index (χ3v) is 2.63. The first-order valence-corrected chi connectivity index (χ1v) is 6.44. The van der Waals surface area contributed by atoms with E-state index in [0.29, 0.717) is 0 Å². The molecule has 90 valence electrons. The van der Waals surface area contributed by atoms with Crippen LogP contribution in [0.25, 0.3) is 0 Å². The molecule has 0 amide bonds. The highest BCUT2D eigenvalue weighted by molar-refractivity contribution is 7.80. The minimum absolute atomic E-state index is 0.238. The van der Waals surface area contributed by atoms with Crippen molar-refractivity contribution in [2.24, 2.45) is 0 Å². The van der Waals surface area contributed by atoms with Gasteiger partial charge in [0.15, 0.2) is 0 Å². The van der Waals surface area contributed by atoms with Crippen LogP contribution < -0.4 is 10.1 Å². The fourth-order valence-corrected chi connectivity index (χ4v) is 1.65. The van der Waals surface area contributed by atoms with Gasteiger partial charge in [0.1, 0.15) is 11.9 Å². The van der Waals surface area contributed by atoms with Gasteiger partial charge in [0.2, 0.25) is 0 Å². The van der Waals surface area contributed by atoms with Crippen LogP contribution in [0, 0.1) is 6.92 Å². The predicted octanol–water partition coefficient (Wildman–Crippen LogP) is 2.67. The highest BCUT2D eigenvalue weighted by Gasteiger charge is 2.07. The Morgan fingerprint density at radius 2 is 2.25 bits per heavy atom. The van der Waals surface area contributed by atoms with Gasteiger partial charge in [0, 0.05) is 18.8 Å². The summed E-state index contributed by atoms with van der Waals surface area (Å²) >= 11 is 4.16. The molecule has 1 atom stereocenters. The summed E-state index contributed by atoms with van der Waals surface area (Å²) in [6, 6.07) is 8.18. The van der Waals surface area contributed by atoms with Gasteiger partial charge in [-0.25, -0.2) is 0 Å². The van der Waals surface area contributed by atoms with Crippen LogP contribution in [-0.4, -0.2) is 24.9 Å². The first kappa shape index (κ1) is 13.4. The highest BCUT2D eigenvalue weighted by Crippen LogP contribution is 2.14. The standard InChI is InChI=1S/C13H21NOS/c1-3-12(10-14-7-8-16)15-13-6-4-5-11(2)9-13/h4-6,9,12,14,16H,3,7-8,10H2,1-2H3/t12-/m1/s1. The van der Waals surface area contributed by atoms with Crippen LogP contribution in [0.5, 0.6) is 5.75 Å². The molecule has 0 spiro atoms. The first-order valence-electron chi connectivity index (χ1n) is 5.81. The summed E-state index contributed by atoms with van der Waals surface area (Å²) < 4.78 is 5.90. The molecule has 1 aromatic rings. The van der Waals surface area contributed by atoms with Crippen molar-refractivity contribution in [1.29, 1.82) is 0 Å². The zero-order chi connectivity index (χ0) is 11.8. The third kappa shape index (κ3) is 4.90. The molecule has 0 aliphatic rings. The molecule has 16 heavy (non-hydrogen) atoms. The van der Waals surface area contributed by atoms with Gasteiger partial charge in [0.05, 0.1) is 0 Å². The Kier molecular flexibility index (Phi) is 6.34. The summed E-state index contributed by atoms with van der Waals surface area (Å²) in [6.45, 7) is 6.03. The van der Waals surface area contributed by atoms with Crippen molar-refractivity contribution in [3.05, 3.63) is 29.8 Å². The fraction of sp³-hybridized carbons (Fsp3) is 0.538. The molecule has 1 aromatic carbocycles. The van der Waals surface area contributed by atoms with Crippen LogP contribution in [0.3, 0.4) is 0 Å². The van der Waals surface area contributed by atoms with Gasteiger partial charge in [-0.05, 0) is 31.0 Å². The first-order chi connectivity index (χ1) is 7.76. The van der Waals surface area contributed by atoms with Crippen molar-refractivity contribution in [2.75, 3.05) is 18.8 Å². The van der Waals surface area contributed by atoms with Gasteiger partial charge in [-0.2, -0.15) is 12.6 Å². The number of ether oxygens (including phenoxy) is 1. The maximum Gasteiger partial charge on any atom is 0.120 e. The van der Waals surface area contributed by atoms with Gasteiger partial charge in [0.25, 0.3) is 0 Å². The quantitative estimate of drug-likeness (QED) is 0.564. The van der Waals surface area contributed by atoms with Gasteiger partial charge < -0.3 is 10.1 Å². The average Bonchev–Trinajstić information content (AvgIpc) is 2.28. The molecule has 0 fully saturated rings. The van der Waals surface area contributed by atoms with Crippen molar-refractivity contribution in [2.45, 2.75) is 26.4 Å². The summed E-state index contributed by atoms with van der Waals surface area (Å²) in [5.41, 5.74) is 1.23. The average molecular weight is 239 g/mol. The third-order valence-electron chi connectivity index (χ3n) is 2.41. The van der Waals surface area contributed by atoms with E-state index in [1.807, 2.05) is 12.1 Å². The van der Waals surface area contributed by atoms with E-state index in [1.54, 1.807) is 0 Å². The molecule has 0 bridgehead atoms. The van der Waals surface area contributed by atoms with Crippen LogP contribution in [0.15, 0.2) is 24.3 Å². The number of nitrogens with one attached hydrogen (secondary N) is 1. The second-order valence-electron chi connectivity index (χ2n) is 3.89. The molecule has 0 saturated heterocycles. The van der Waals surface area contributed by atoms with E-state index in [-0.39, 0.29) is 6.10 Å². The van der Waals surface area contributed by atoms with Gasteiger partial charge in [-0.1, -0.05) is 19.1 Å². The number of hydrogen-bond donors (Lipinski definition) is 2. The van der Waals surface area contributed by atoms with E-state index in [2.05, 4.69) is 43.9 Å². The second kappa shape index (κ2) is 7.58. The van der Waals surface area contributed by atoms with Crippen LogP contribution in [0.4, 0.5) is 0 Å². The SMILES string of the molecule is CC[C@H](CNCCS)Oc1cccc(C)c1. The van der Waals surface area contributed by atoms with Crippen LogP contribution >= 0.6 is 12.6 Å². The molecular formula is C13H21NOS. The summed E-state index contributed by atoms with van der Waals surface area (Å²) in [5.74, 6) is 1.82.